The predicted molar refractivity (Wildman–Crippen MR) is 152 cm³/mol. The minimum Gasteiger partial charge on any atom is -0.256 e. The van der Waals surface area contributed by atoms with Gasteiger partial charge in [0, 0.05) is 34.5 Å². The van der Waals surface area contributed by atoms with E-state index in [1.807, 2.05) is 12.1 Å². The van der Waals surface area contributed by atoms with Gasteiger partial charge in [-0.05, 0) is 95.1 Å². The van der Waals surface area contributed by atoms with E-state index < -0.39 is 0 Å². The molecule has 0 radical (unpaired) electrons. The van der Waals surface area contributed by atoms with Crippen molar-refractivity contribution in [2.24, 2.45) is 4.99 Å². The molecule has 0 aliphatic heterocycles. The van der Waals surface area contributed by atoms with E-state index in [1.54, 1.807) is 60.9 Å². The highest BCUT2D eigenvalue weighted by Crippen LogP contribution is 2.39. The first-order valence-corrected chi connectivity index (χ1v) is 12.5. The predicted octanol–water partition coefficient (Wildman–Crippen LogP) is 9.54. The van der Waals surface area contributed by atoms with Gasteiger partial charge in [-0.25, -0.2) is 17.6 Å². The smallest absolute Gasteiger partial charge is 0.123 e. The molecule has 0 spiro atoms. The SMILES string of the molecule is Fc1ccc(N=Cc2cnc3c(-c4ccc(F)cc4)cc(-c4ccc(F)cc4)cc3c2-c2ccc(F)cc2)cc1. The first-order chi connectivity index (χ1) is 19.4. The minimum absolute atomic E-state index is 0.351. The summed E-state index contributed by atoms with van der Waals surface area (Å²) in [7, 11) is 0. The van der Waals surface area contributed by atoms with Gasteiger partial charge in [0.25, 0.3) is 0 Å². The molecular weight excluding hydrogens is 512 g/mol. The van der Waals surface area contributed by atoms with E-state index in [0.717, 1.165) is 38.8 Å². The van der Waals surface area contributed by atoms with Gasteiger partial charge in [0.15, 0.2) is 0 Å². The van der Waals surface area contributed by atoms with Crippen LogP contribution in [-0.4, -0.2) is 11.2 Å². The molecule has 0 aliphatic carbocycles. The lowest BCUT2D eigenvalue weighted by Crippen LogP contribution is -1.96. The van der Waals surface area contributed by atoms with Crippen LogP contribution in [0, 0.1) is 23.3 Å². The summed E-state index contributed by atoms with van der Waals surface area (Å²) in [5.74, 6) is -1.44. The zero-order valence-corrected chi connectivity index (χ0v) is 21.0. The van der Waals surface area contributed by atoms with Gasteiger partial charge in [0.2, 0.25) is 0 Å². The minimum atomic E-state index is -0.373. The summed E-state index contributed by atoms with van der Waals surface area (Å²) in [5, 5.41) is 0.746. The second-order valence-corrected chi connectivity index (χ2v) is 9.26. The molecule has 194 valence electrons. The van der Waals surface area contributed by atoms with Crippen LogP contribution in [0.5, 0.6) is 0 Å². The number of fused-ring (bicyclic) bond motifs is 1. The van der Waals surface area contributed by atoms with Crippen LogP contribution in [0.2, 0.25) is 0 Å². The number of halogens is 4. The molecule has 1 aromatic heterocycles. The zero-order valence-electron chi connectivity index (χ0n) is 21.0. The number of nitrogens with zero attached hydrogens (tertiary/aromatic N) is 2. The maximum absolute atomic E-state index is 13.9. The van der Waals surface area contributed by atoms with Crippen molar-refractivity contribution in [2.45, 2.75) is 0 Å². The average molecular weight is 533 g/mol. The second kappa shape index (κ2) is 10.6. The molecule has 5 aromatic carbocycles. The lowest BCUT2D eigenvalue weighted by molar-refractivity contribution is 0.627. The topological polar surface area (TPSA) is 25.2 Å². The van der Waals surface area contributed by atoms with E-state index in [9.17, 15) is 17.6 Å². The summed E-state index contributed by atoms with van der Waals surface area (Å²) in [6, 6.07) is 28.1. The van der Waals surface area contributed by atoms with Gasteiger partial charge in [-0.15, -0.1) is 0 Å². The number of pyridine rings is 1. The van der Waals surface area contributed by atoms with Crippen molar-refractivity contribution in [3.63, 3.8) is 0 Å². The lowest BCUT2D eigenvalue weighted by Gasteiger charge is -2.16. The molecule has 6 rings (SSSR count). The van der Waals surface area contributed by atoms with Crippen LogP contribution >= 0.6 is 0 Å². The number of rotatable bonds is 5. The van der Waals surface area contributed by atoms with Crippen LogP contribution in [0.3, 0.4) is 0 Å². The lowest BCUT2D eigenvalue weighted by atomic mass is 9.90. The highest BCUT2D eigenvalue weighted by atomic mass is 19.1. The Morgan fingerprint density at radius 2 is 1.02 bits per heavy atom. The van der Waals surface area contributed by atoms with Gasteiger partial charge < -0.3 is 0 Å². The Kier molecular flexibility index (Phi) is 6.66. The molecule has 0 bridgehead atoms. The molecule has 6 aromatic rings. The van der Waals surface area contributed by atoms with Gasteiger partial charge in [-0.2, -0.15) is 0 Å². The van der Waals surface area contributed by atoms with Crippen LogP contribution in [0.1, 0.15) is 5.56 Å². The van der Waals surface area contributed by atoms with Crippen molar-refractivity contribution in [1.29, 1.82) is 0 Å². The number of hydrogen-bond donors (Lipinski definition) is 0. The third-order valence-corrected chi connectivity index (χ3v) is 6.65. The Balaban J connectivity index is 1.65. The molecule has 2 nitrogen and oxygen atoms in total. The molecule has 40 heavy (non-hydrogen) atoms. The molecule has 0 amide bonds. The van der Waals surface area contributed by atoms with Crippen LogP contribution in [0.4, 0.5) is 23.2 Å². The zero-order chi connectivity index (χ0) is 27.6. The Morgan fingerprint density at radius 1 is 0.525 bits per heavy atom. The van der Waals surface area contributed by atoms with Crippen LogP contribution in [0.25, 0.3) is 44.3 Å². The molecule has 0 N–H and O–H groups in total. The second-order valence-electron chi connectivity index (χ2n) is 9.26. The first-order valence-electron chi connectivity index (χ1n) is 12.5. The Morgan fingerprint density at radius 3 is 1.60 bits per heavy atom. The Bertz CT molecular complexity index is 1840. The van der Waals surface area contributed by atoms with Crippen LogP contribution < -0.4 is 0 Å². The van der Waals surface area contributed by atoms with Crippen LogP contribution in [-0.2, 0) is 0 Å². The third kappa shape index (κ3) is 5.12. The standard InChI is InChI=1S/C34H20F4N2/c35-26-7-1-21(2-8-26)24-17-31(22-3-9-27(36)10-4-22)34-32(18-24)33(23-5-11-28(37)12-6-23)25(20-40-34)19-39-30-15-13-29(38)14-16-30/h1-20H. The molecule has 6 heteroatoms. The highest BCUT2D eigenvalue weighted by molar-refractivity contribution is 6.09. The third-order valence-electron chi connectivity index (χ3n) is 6.65. The molecular formula is C34H20F4N2. The molecule has 0 saturated heterocycles. The number of hydrogen-bond acceptors (Lipinski definition) is 2. The van der Waals surface area contributed by atoms with Gasteiger partial charge in [0.05, 0.1) is 11.2 Å². The van der Waals surface area contributed by atoms with E-state index in [0.29, 0.717) is 16.8 Å². The maximum atomic E-state index is 13.9. The summed E-state index contributed by atoms with van der Waals surface area (Å²) in [5.41, 5.74) is 6.42. The summed E-state index contributed by atoms with van der Waals surface area (Å²) in [4.78, 5) is 9.30. The van der Waals surface area contributed by atoms with Crippen molar-refractivity contribution >= 4 is 22.8 Å². The van der Waals surface area contributed by atoms with Gasteiger partial charge >= 0.3 is 0 Å². The average Bonchev–Trinajstić information content (AvgIpc) is 2.97. The van der Waals surface area contributed by atoms with Gasteiger partial charge in [0.1, 0.15) is 23.3 Å². The summed E-state index contributed by atoms with van der Waals surface area (Å²) in [6.45, 7) is 0. The van der Waals surface area contributed by atoms with E-state index in [1.165, 1.54) is 48.5 Å². The number of aromatic nitrogens is 1. The fourth-order valence-corrected chi connectivity index (χ4v) is 4.68. The van der Waals surface area contributed by atoms with E-state index >= 15 is 0 Å². The van der Waals surface area contributed by atoms with Crippen molar-refractivity contribution in [3.8, 4) is 33.4 Å². The molecule has 0 unspecified atom stereocenters. The van der Waals surface area contributed by atoms with Crippen molar-refractivity contribution < 1.29 is 17.6 Å². The normalized spacial score (nSPS) is 11.4. The van der Waals surface area contributed by atoms with E-state index in [2.05, 4.69) is 4.99 Å². The molecule has 0 aliphatic rings. The van der Waals surface area contributed by atoms with E-state index in [4.69, 9.17) is 4.98 Å². The molecule has 1 heterocycles. The Hall–Kier alpha value is -5.10. The molecule has 0 fully saturated rings. The Labute approximate surface area is 227 Å². The summed E-state index contributed by atoms with van der Waals surface area (Å²) >= 11 is 0. The van der Waals surface area contributed by atoms with Crippen molar-refractivity contribution in [2.75, 3.05) is 0 Å². The summed E-state index contributed by atoms with van der Waals surface area (Å²) in [6.07, 6.45) is 3.32. The quantitative estimate of drug-likeness (QED) is 0.160. The first kappa shape index (κ1) is 25.2. The molecule has 0 saturated carbocycles. The molecule has 0 atom stereocenters. The number of aliphatic imine (C=N–C) groups is 1. The van der Waals surface area contributed by atoms with Gasteiger partial charge in [-0.3, -0.25) is 9.98 Å². The maximum Gasteiger partial charge on any atom is 0.123 e. The van der Waals surface area contributed by atoms with Crippen LogP contribution in [0.15, 0.2) is 120 Å². The largest absolute Gasteiger partial charge is 0.256 e. The highest BCUT2D eigenvalue weighted by Gasteiger charge is 2.17. The summed E-state index contributed by atoms with van der Waals surface area (Å²) < 4.78 is 54.9. The fraction of sp³-hybridized carbons (Fsp3) is 0. The van der Waals surface area contributed by atoms with Crippen molar-refractivity contribution in [3.05, 3.63) is 144 Å². The van der Waals surface area contributed by atoms with Crippen molar-refractivity contribution in [1.82, 2.24) is 4.98 Å². The van der Waals surface area contributed by atoms with E-state index in [-0.39, 0.29) is 23.3 Å². The van der Waals surface area contributed by atoms with Gasteiger partial charge in [-0.1, -0.05) is 36.4 Å². The fourth-order valence-electron chi connectivity index (χ4n) is 4.68. The monoisotopic (exact) mass is 532 g/mol. The number of benzene rings is 5.